The standard InChI is InChI=1S/C17H32N6S/c1-17(2,23-9-7-6-8-10-23)13-20-15(18-3)19-11-14-12-24-16(21-14)22(4)5/h12H,6-11,13H2,1-5H3,(H2,18,19,20). The van der Waals surface area contributed by atoms with E-state index in [4.69, 9.17) is 0 Å². The van der Waals surface area contributed by atoms with Gasteiger partial charge in [0.1, 0.15) is 0 Å². The second-order valence-corrected chi connectivity index (χ2v) is 7.99. The van der Waals surface area contributed by atoms with Crippen LogP contribution in [0, 0.1) is 0 Å². The number of aromatic nitrogens is 1. The fourth-order valence-electron chi connectivity index (χ4n) is 2.89. The van der Waals surface area contributed by atoms with Crippen molar-refractivity contribution in [2.24, 2.45) is 4.99 Å². The number of guanidine groups is 1. The van der Waals surface area contributed by atoms with Gasteiger partial charge in [0.2, 0.25) is 0 Å². The highest BCUT2D eigenvalue weighted by molar-refractivity contribution is 7.13. The van der Waals surface area contributed by atoms with Crippen molar-refractivity contribution in [3.05, 3.63) is 11.1 Å². The first-order valence-electron chi connectivity index (χ1n) is 8.73. The summed E-state index contributed by atoms with van der Waals surface area (Å²) in [5, 5.41) is 9.95. The van der Waals surface area contributed by atoms with Crippen molar-refractivity contribution in [3.8, 4) is 0 Å². The maximum Gasteiger partial charge on any atom is 0.191 e. The molecule has 2 heterocycles. The zero-order valence-electron chi connectivity index (χ0n) is 15.7. The van der Waals surface area contributed by atoms with Gasteiger partial charge in [0.15, 0.2) is 11.1 Å². The van der Waals surface area contributed by atoms with Crippen molar-refractivity contribution in [3.63, 3.8) is 0 Å². The van der Waals surface area contributed by atoms with Gasteiger partial charge in [-0.05, 0) is 39.8 Å². The van der Waals surface area contributed by atoms with Crippen LogP contribution < -0.4 is 15.5 Å². The van der Waals surface area contributed by atoms with Crippen LogP contribution in [-0.4, -0.2) is 62.2 Å². The quantitative estimate of drug-likeness (QED) is 0.607. The van der Waals surface area contributed by atoms with Gasteiger partial charge in [-0.2, -0.15) is 0 Å². The highest BCUT2D eigenvalue weighted by atomic mass is 32.1. The van der Waals surface area contributed by atoms with Crippen LogP contribution in [0.15, 0.2) is 10.4 Å². The van der Waals surface area contributed by atoms with Gasteiger partial charge < -0.3 is 15.5 Å². The number of rotatable bonds is 6. The lowest BCUT2D eigenvalue weighted by molar-refractivity contribution is 0.0982. The Balaban J connectivity index is 1.81. The molecule has 0 bridgehead atoms. The maximum atomic E-state index is 4.59. The van der Waals surface area contributed by atoms with E-state index in [1.54, 1.807) is 11.3 Å². The van der Waals surface area contributed by atoms with E-state index < -0.39 is 0 Å². The number of nitrogens with zero attached hydrogens (tertiary/aromatic N) is 4. The summed E-state index contributed by atoms with van der Waals surface area (Å²) in [6.07, 6.45) is 3.99. The molecule has 1 aliphatic rings. The third kappa shape index (κ3) is 5.34. The van der Waals surface area contributed by atoms with Gasteiger partial charge >= 0.3 is 0 Å². The van der Waals surface area contributed by atoms with Gasteiger partial charge in [-0.1, -0.05) is 6.42 Å². The van der Waals surface area contributed by atoms with Crippen LogP contribution >= 0.6 is 11.3 Å². The van der Waals surface area contributed by atoms with Crippen LogP contribution in [0.1, 0.15) is 38.8 Å². The molecule has 0 amide bonds. The van der Waals surface area contributed by atoms with Crippen molar-refractivity contribution >= 4 is 22.4 Å². The minimum absolute atomic E-state index is 0.136. The van der Waals surface area contributed by atoms with Crippen LogP contribution in [0.4, 0.5) is 5.13 Å². The zero-order chi connectivity index (χ0) is 17.6. The maximum absolute atomic E-state index is 4.59. The minimum Gasteiger partial charge on any atom is -0.355 e. The fraction of sp³-hybridized carbons (Fsp3) is 0.765. The molecule has 1 saturated heterocycles. The van der Waals surface area contributed by atoms with Crippen LogP contribution in [0.25, 0.3) is 0 Å². The van der Waals surface area contributed by atoms with Crippen LogP contribution in [-0.2, 0) is 6.54 Å². The molecular formula is C17H32N6S. The molecule has 0 radical (unpaired) electrons. The van der Waals surface area contributed by atoms with Crippen LogP contribution in [0.2, 0.25) is 0 Å². The van der Waals surface area contributed by atoms with Gasteiger partial charge in [0.05, 0.1) is 12.2 Å². The highest BCUT2D eigenvalue weighted by Crippen LogP contribution is 2.20. The topological polar surface area (TPSA) is 55.8 Å². The lowest BCUT2D eigenvalue weighted by Gasteiger charge is -2.41. The largest absolute Gasteiger partial charge is 0.355 e. The van der Waals surface area contributed by atoms with Crippen LogP contribution in [0.5, 0.6) is 0 Å². The average molecular weight is 353 g/mol. The first-order chi connectivity index (χ1) is 11.4. The average Bonchev–Trinajstić information content (AvgIpc) is 3.05. The zero-order valence-corrected chi connectivity index (χ0v) is 16.5. The number of anilines is 1. The van der Waals surface area contributed by atoms with E-state index in [1.807, 2.05) is 26.0 Å². The Hall–Kier alpha value is -1.34. The third-order valence-electron chi connectivity index (χ3n) is 4.48. The van der Waals surface area contributed by atoms with Gasteiger partial charge in [0, 0.05) is 38.6 Å². The van der Waals surface area contributed by atoms with Crippen molar-refractivity contribution in [2.45, 2.75) is 45.2 Å². The van der Waals surface area contributed by atoms with Gasteiger partial charge in [-0.15, -0.1) is 11.3 Å². The smallest absolute Gasteiger partial charge is 0.191 e. The lowest BCUT2D eigenvalue weighted by atomic mass is 9.98. The number of thiazole rings is 1. The number of piperidine rings is 1. The second kappa shape index (κ2) is 8.67. The summed E-state index contributed by atoms with van der Waals surface area (Å²) < 4.78 is 0. The monoisotopic (exact) mass is 352 g/mol. The van der Waals surface area contributed by atoms with Gasteiger partial charge in [-0.25, -0.2) is 4.98 Å². The highest BCUT2D eigenvalue weighted by Gasteiger charge is 2.27. The molecule has 0 spiro atoms. The summed E-state index contributed by atoms with van der Waals surface area (Å²) in [6, 6.07) is 0. The number of hydrogen-bond donors (Lipinski definition) is 2. The molecule has 1 aromatic heterocycles. The molecular weight excluding hydrogens is 320 g/mol. The Morgan fingerprint density at radius 2 is 2.00 bits per heavy atom. The minimum atomic E-state index is 0.136. The Bertz CT molecular complexity index is 531. The first kappa shape index (κ1) is 19.0. The molecule has 24 heavy (non-hydrogen) atoms. The molecule has 0 unspecified atom stereocenters. The third-order valence-corrected chi connectivity index (χ3v) is 5.54. The summed E-state index contributed by atoms with van der Waals surface area (Å²) >= 11 is 1.66. The van der Waals surface area contributed by atoms with Crippen molar-refractivity contribution in [2.75, 3.05) is 45.7 Å². The molecule has 0 saturated carbocycles. The summed E-state index contributed by atoms with van der Waals surface area (Å²) in [5.41, 5.74) is 1.18. The molecule has 0 aromatic carbocycles. The normalized spacial score (nSPS) is 17.0. The van der Waals surface area contributed by atoms with E-state index in [-0.39, 0.29) is 5.54 Å². The SMILES string of the molecule is CN=C(NCc1csc(N(C)C)n1)NCC(C)(C)N1CCCCC1. The van der Waals surface area contributed by atoms with E-state index >= 15 is 0 Å². The predicted octanol–water partition coefficient (Wildman–Crippen LogP) is 2.14. The second-order valence-electron chi connectivity index (χ2n) is 7.16. The van der Waals surface area contributed by atoms with E-state index in [0.29, 0.717) is 6.54 Å². The van der Waals surface area contributed by atoms with E-state index in [0.717, 1.165) is 23.3 Å². The molecule has 136 valence electrons. The Kier molecular flexibility index (Phi) is 6.86. The van der Waals surface area contributed by atoms with Gasteiger partial charge in [0.25, 0.3) is 0 Å². The summed E-state index contributed by atoms with van der Waals surface area (Å²) in [4.78, 5) is 13.5. The fourth-order valence-corrected chi connectivity index (χ4v) is 3.65. The summed E-state index contributed by atoms with van der Waals surface area (Å²) in [6.45, 7) is 8.59. The van der Waals surface area contributed by atoms with E-state index in [9.17, 15) is 0 Å². The predicted molar refractivity (Wildman–Crippen MR) is 104 cm³/mol. The number of likely N-dealkylation sites (tertiary alicyclic amines) is 1. The number of aliphatic imine (C=N–C) groups is 1. The molecule has 1 fully saturated rings. The number of nitrogens with one attached hydrogen (secondary N) is 2. The van der Waals surface area contributed by atoms with Crippen LogP contribution in [0.3, 0.4) is 0 Å². The molecule has 6 nitrogen and oxygen atoms in total. The van der Waals surface area contributed by atoms with E-state index in [2.05, 4.69) is 44.7 Å². The van der Waals surface area contributed by atoms with Crippen molar-refractivity contribution in [1.82, 2.24) is 20.5 Å². The molecule has 2 rings (SSSR count). The van der Waals surface area contributed by atoms with Gasteiger partial charge in [-0.3, -0.25) is 9.89 Å². The molecule has 1 aromatic rings. The Morgan fingerprint density at radius 3 is 2.58 bits per heavy atom. The lowest BCUT2D eigenvalue weighted by Crippen LogP contribution is -2.54. The molecule has 7 heteroatoms. The summed E-state index contributed by atoms with van der Waals surface area (Å²) in [5.74, 6) is 0.833. The summed E-state index contributed by atoms with van der Waals surface area (Å²) in [7, 11) is 5.84. The first-order valence-corrected chi connectivity index (χ1v) is 9.61. The Morgan fingerprint density at radius 1 is 1.29 bits per heavy atom. The Labute approximate surface area is 150 Å². The van der Waals surface area contributed by atoms with Crippen molar-refractivity contribution in [1.29, 1.82) is 0 Å². The molecule has 0 aliphatic carbocycles. The molecule has 0 atom stereocenters. The van der Waals surface area contributed by atoms with Crippen molar-refractivity contribution < 1.29 is 0 Å². The molecule has 1 aliphatic heterocycles. The van der Waals surface area contributed by atoms with E-state index in [1.165, 1.54) is 32.4 Å². The number of hydrogen-bond acceptors (Lipinski definition) is 5. The molecule has 2 N–H and O–H groups in total.